The molecule has 0 atom stereocenters. The molecule has 0 aliphatic carbocycles. The van der Waals surface area contributed by atoms with E-state index < -0.39 is 0 Å². The third kappa shape index (κ3) is 4.56. The second-order valence-electron chi connectivity index (χ2n) is 3.97. The van der Waals surface area contributed by atoms with Crippen LogP contribution in [0.5, 0.6) is 5.75 Å². The van der Waals surface area contributed by atoms with E-state index >= 15 is 0 Å². The molecular formula is C15H16BrNOS. The molecule has 0 radical (unpaired) electrons. The lowest BCUT2D eigenvalue weighted by Crippen LogP contribution is -2.05. The Morgan fingerprint density at radius 3 is 2.74 bits per heavy atom. The fraction of sp³-hybridized carbons (Fsp3) is 0.200. The first-order chi connectivity index (χ1) is 9.29. The second-order valence-corrected chi connectivity index (χ2v) is 6.05. The second kappa shape index (κ2) is 7.58. The molecule has 2 N–H and O–H groups in total. The minimum atomic E-state index is 0.509. The van der Waals surface area contributed by atoms with E-state index in [1.165, 1.54) is 4.90 Å². The fourth-order valence-corrected chi connectivity index (χ4v) is 3.02. The van der Waals surface area contributed by atoms with Crippen molar-refractivity contribution in [3.05, 3.63) is 58.6 Å². The van der Waals surface area contributed by atoms with Crippen molar-refractivity contribution in [1.29, 1.82) is 0 Å². The molecule has 2 aromatic carbocycles. The van der Waals surface area contributed by atoms with Gasteiger partial charge in [-0.3, -0.25) is 0 Å². The van der Waals surface area contributed by atoms with E-state index in [1.54, 1.807) is 11.8 Å². The minimum Gasteiger partial charge on any atom is -0.492 e. The quantitative estimate of drug-likeness (QED) is 0.637. The van der Waals surface area contributed by atoms with Gasteiger partial charge in [0.05, 0.1) is 6.61 Å². The first kappa shape index (κ1) is 14.4. The van der Waals surface area contributed by atoms with Gasteiger partial charge in [0.25, 0.3) is 0 Å². The van der Waals surface area contributed by atoms with Gasteiger partial charge in [0.15, 0.2) is 0 Å². The first-order valence-electron chi connectivity index (χ1n) is 6.09. The third-order valence-corrected chi connectivity index (χ3v) is 4.05. The van der Waals surface area contributed by atoms with Crippen molar-refractivity contribution in [2.75, 3.05) is 12.4 Å². The lowest BCUT2D eigenvalue weighted by atomic mass is 10.2. The summed E-state index contributed by atoms with van der Waals surface area (Å²) in [6, 6.07) is 16.2. The Hall–Kier alpha value is -0.970. The highest BCUT2D eigenvalue weighted by atomic mass is 79.9. The van der Waals surface area contributed by atoms with Crippen molar-refractivity contribution in [1.82, 2.24) is 0 Å². The molecule has 0 aromatic heterocycles. The summed E-state index contributed by atoms with van der Waals surface area (Å²) in [6.45, 7) is 1.18. The topological polar surface area (TPSA) is 35.2 Å². The molecule has 2 rings (SSSR count). The van der Waals surface area contributed by atoms with E-state index in [4.69, 9.17) is 10.5 Å². The lowest BCUT2D eigenvalue weighted by molar-refractivity contribution is 0.340. The van der Waals surface area contributed by atoms with Crippen LogP contribution in [0, 0.1) is 0 Å². The molecule has 2 nitrogen and oxygen atoms in total. The maximum Gasteiger partial charge on any atom is 0.123 e. The van der Waals surface area contributed by atoms with Gasteiger partial charge in [-0.05, 0) is 24.3 Å². The number of rotatable bonds is 6. The molecule has 0 spiro atoms. The van der Waals surface area contributed by atoms with Crippen LogP contribution in [-0.4, -0.2) is 12.4 Å². The Kier molecular flexibility index (Phi) is 5.76. The first-order valence-corrected chi connectivity index (χ1v) is 7.86. The number of benzene rings is 2. The smallest absolute Gasteiger partial charge is 0.123 e. The average Bonchev–Trinajstić information content (AvgIpc) is 2.44. The summed E-state index contributed by atoms with van der Waals surface area (Å²) < 4.78 is 6.87. The van der Waals surface area contributed by atoms with Crippen LogP contribution in [0.1, 0.15) is 5.56 Å². The summed E-state index contributed by atoms with van der Waals surface area (Å²) in [6.07, 6.45) is 0. The van der Waals surface area contributed by atoms with Crippen molar-refractivity contribution >= 4 is 27.7 Å². The van der Waals surface area contributed by atoms with Gasteiger partial charge in [-0.25, -0.2) is 0 Å². The van der Waals surface area contributed by atoms with Crippen LogP contribution in [0.2, 0.25) is 0 Å². The van der Waals surface area contributed by atoms with Crippen molar-refractivity contribution in [2.45, 2.75) is 11.4 Å². The largest absolute Gasteiger partial charge is 0.492 e. The minimum absolute atomic E-state index is 0.509. The molecule has 0 saturated heterocycles. The van der Waals surface area contributed by atoms with Crippen molar-refractivity contribution < 1.29 is 4.74 Å². The molecule has 19 heavy (non-hydrogen) atoms. The highest BCUT2D eigenvalue weighted by Gasteiger charge is 2.01. The number of hydrogen-bond acceptors (Lipinski definition) is 3. The standard InChI is InChI=1S/C15H16BrNOS/c16-13-5-3-6-14(10-13)19-9-8-18-15-7-2-1-4-12(15)11-17/h1-7,10H,8-9,11,17H2. The summed E-state index contributed by atoms with van der Waals surface area (Å²) in [5.41, 5.74) is 6.72. The molecular weight excluding hydrogens is 322 g/mol. The van der Waals surface area contributed by atoms with Gasteiger partial charge >= 0.3 is 0 Å². The Morgan fingerprint density at radius 2 is 1.95 bits per heavy atom. The fourth-order valence-electron chi connectivity index (χ4n) is 1.68. The number of ether oxygens (including phenoxy) is 1. The van der Waals surface area contributed by atoms with E-state index in [-0.39, 0.29) is 0 Å². The number of nitrogens with two attached hydrogens (primary N) is 1. The van der Waals surface area contributed by atoms with Gasteiger partial charge in [0.1, 0.15) is 5.75 Å². The summed E-state index contributed by atoms with van der Waals surface area (Å²) in [5, 5.41) is 0. The highest BCUT2D eigenvalue weighted by molar-refractivity contribution is 9.10. The van der Waals surface area contributed by atoms with E-state index in [1.807, 2.05) is 36.4 Å². The van der Waals surface area contributed by atoms with Gasteiger partial charge in [0, 0.05) is 27.2 Å². The summed E-state index contributed by atoms with van der Waals surface area (Å²) in [4.78, 5) is 1.24. The van der Waals surface area contributed by atoms with E-state index in [0.29, 0.717) is 13.2 Å². The highest BCUT2D eigenvalue weighted by Crippen LogP contribution is 2.22. The summed E-state index contributed by atoms with van der Waals surface area (Å²) in [7, 11) is 0. The van der Waals surface area contributed by atoms with Gasteiger partial charge < -0.3 is 10.5 Å². The molecule has 0 aliphatic rings. The summed E-state index contributed by atoms with van der Waals surface area (Å²) in [5.74, 6) is 1.80. The molecule has 0 heterocycles. The molecule has 4 heteroatoms. The van der Waals surface area contributed by atoms with Gasteiger partial charge in [-0.15, -0.1) is 11.8 Å². The molecule has 2 aromatic rings. The number of thioether (sulfide) groups is 1. The van der Waals surface area contributed by atoms with E-state index in [2.05, 4.69) is 28.1 Å². The van der Waals surface area contributed by atoms with Crippen LogP contribution < -0.4 is 10.5 Å². The van der Waals surface area contributed by atoms with Crippen LogP contribution in [0.15, 0.2) is 57.9 Å². The summed E-state index contributed by atoms with van der Waals surface area (Å²) >= 11 is 5.25. The maximum atomic E-state index is 5.77. The maximum absolute atomic E-state index is 5.77. The Labute approximate surface area is 126 Å². The zero-order valence-electron chi connectivity index (χ0n) is 10.5. The zero-order chi connectivity index (χ0) is 13.5. The molecule has 0 unspecified atom stereocenters. The van der Waals surface area contributed by atoms with Crippen LogP contribution in [0.25, 0.3) is 0 Å². The van der Waals surface area contributed by atoms with E-state index in [0.717, 1.165) is 21.5 Å². The van der Waals surface area contributed by atoms with Crippen LogP contribution in [0.4, 0.5) is 0 Å². The number of hydrogen-bond donors (Lipinski definition) is 1. The zero-order valence-corrected chi connectivity index (χ0v) is 12.9. The Bertz CT molecular complexity index is 533. The SMILES string of the molecule is NCc1ccccc1OCCSc1cccc(Br)c1. The van der Waals surface area contributed by atoms with E-state index in [9.17, 15) is 0 Å². The van der Waals surface area contributed by atoms with Crippen LogP contribution in [0.3, 0.4) is 0 Å². The monoisotopic (exact) mass is 337 g/mol. The number of halogens is 1. The molecule has 0 bridgehead atoms. The van der Waals surface area contributed by atoms with Crippen molar-refractivity contribution in [3.63, 3.8) is 0 Å². The van der Waals surface area contributed by atoms with Gasteiger partial charge in [0.2, 0.25) is 0 Å². The van der Waals surface area contributed by atoms with Crippen molar-refractivity contribution in [3.8, 4) is 5.75 Å². The predicted molar refractivity (Wildman–Crippen MR) is 84.7 cm³/mol. The van der Waals surface area contributed by atoms with Crippen molar-refractivity contribution in [2.24, 2.45) is 5.73 Å². The lowest BCUT2D eigenvalue weighted by Gasteiger charge is -2.09. The number of para-hydroxylation sites is 1. The Morgan fingerprint density at radius 1 is 1.11 bits per heavy atom. The molecule has 0 fully saturated rings. The molecule has 0 aliphatic heterocycles. The van der Waals surface area contributed by atoms with Crippen LogP contribution in [-0.2, 0) is 6.54 Å². The molecule has 0 amide bonds. The van der Waals surface area contributed by atoms with Gasteiger partial charge in [-0.1, -0.05) is 40.2 Å². The average molecular weight is 338 g/mol. The molecule has 0 saturated carbocycles. The normalized spacial score (nSPS) is 10.4. The third-order valence-electron chi connectivity index (χ3n) is 2.60. The predicted octanol–water partition coefficient (Wildman–Crippen LogP) is 4.08. The van der Waals surface area contributed by atoms with Gasteiger partial charge in [-0.2, -0.15) is 0 Å². The van der Waals surface area contributed by atoms with Crippen LogP contribution >= 0.6 is 27.7 Å². The molecule has 100 valence electrons. The Balaban J connectivity index is 1.81.